The van der Waals surface area contributed by atoms with Gasteiger partial charge in [-0.15, -0.1) is 6.42 Å². The summed E-state index contributed by atoms with van der Waals surface area (Å²) in [5, 5.41) is 13.5. The summed E-state index contributed by atoms with van der Waals surface area (Å²) in [6, 6.07) is 12.9. The van der Waals surface area contributed by atoms with Crippen LogP contribution in [0.15, 0.2) is 86.0 Å². The Kier molecular flexibility index (Phi) is 19.7. The molecule has 68 heavy (non-hydrogen) atoms. The summed E-state index contributed by atoms with van der Waals surface area (Å²) >= 11 is 0. The molecule has 7 rings (SSSR count). The third-order valence-corrected chi connectivity index (χ3v) is 9.96. The maximum atomic E-state index is 6.75. The summed E-state index contributed by atoms with van der Waals surface area (Å²) in [4.78, 5) is 21.6. The number of rotatable bonds is 3. The van der Waals surface area contributed by atoms with Crippen LogP contribution in [-0.2, 0) is 19.4 Å². The van der Waals surface area contributed by atoms with Gasteiger partial charge in [0.2, 0.25) is 0 Å². The Labute approximate surface area is 413 Å². The van der Waals surface area contributed by atoms with Crippen molar-refractivity contribution in [2.24, 2.45) is 48.1 Å². The Morgan fingerprint density at radius 2 is 1.37 bits per heavy atom. The highest BCUT2D eigenvalue weighted by atomic mass is 15.6. The summed E-state index contributed by atoms with van der Waals surface area (Å²) in [6.07, 6.45) is 17.3. The van der Waals surface area contributed by atoms with Crippen LogP contribution in [0.5, 0.6) is 0 Å². The molecule has 3 aromatic rings. The van der Waals surface area contributed by atoms with E-state index in [-0.39, 0.29) is 27.1 Å². The van der Waals surface area contributed by atoms with E-state index in [1.807, 2.05) is 18.5 Å². The quantitative estimate of drug-likeness (QED) is 0.102. The van der Waals surface area contributed by atoms with Gasteiger partial charge in [-0.1, -0.05) is 41.5 Å². The van der Waals surface area contributed by atoms with Crippen molar-refractivity contribution in [3.63, 3.8) is 0 Å². The summed E-state index contributed by atoms with van der Waals surface area (Å²) in [7, 11) is 0. The molecule has 0 unspecified atom stereocenters. The zero-order valence-electron chi connectivity index (χ0n) is 36.6. The Balaban J connectivity index is -0.000000212. The van der Waals surface area contributed by atoms with Gasteiger partial charge in [-0.25, -0.2) is 9.97 Å². The molecule has 13 heteroatoms. The number of allylic oxidation sites excluding steroid dienone is 2. The number of terminal acetylenes is 1. The van der Waals surface area contributed by atoms with E-state index in [0.717, 1.165) is 79.4 Å². The lowest BCUT2D eigenvalue weighted by molar-refractivity contribution is 0.224. The van der Waals surface area contributed by atoms with E-state index >= 15 is 0 Å². The third-order valence-electron chi connectivity index (χ3n) is 9.96. The van der Waals surface area contributed by atoms with Crippen LogP contribution < -0.4 is 16.5 Å². The van der Waals surface area contributed by atoms with E-state index in [4.69, 9.17) is 32.6 Å². The topological polar surface area (TPSA) is 192 Å². The van der Waals surface area contributed by atoms with Crippen LogP contribution in [0.2, 0.25) is 0 Å². The van der Waals surface area contributed by atoms with Crippen LogP contribution in [0.1, 0.15) is 88.2 Å². The van der Waals surface area contributed by atoms with Crippen LogP contribution in [0, 0.1) is 165 Å². The predicted molar refractivity (Wildman–Crippen MR) is 284 cm³/mol. The average molecular weight is 900 g/mol. The third kappa shape index (κ3) is 14.5. The lowest BCUT2D eigenvalue weighted by atomic mass is 9.70. The van der Waals surface area contributed by atoms with Crippen molar-refractivity contribution in [3.05, 3.63) is 88.8 Å². The molecule has 2 aliphatic heterocycles. The smallest absolute Gasteiger partial charge is 0.156 e. The van der Waals surface area contributed by atoms with Crippen molar-refractivity contribution < 1.29 is 15.7 Å². The largest absolute Gasteiger partial charge is 0.323 e. The molecule has 1 aromatic carbocycles. The molecule has 4 heterocycles. The number of benzene rings is 1. The minimum atomic E-state index is 0. The molecule has 2 aromatic heterocycles. The van der Waals surface area contributed by atoms with Gasteiger partial charge in [-0.2, -0.15) is 5.53 Å². The number of pyridine rings is 1. The second-order valence-electron chi connectivity index (χ2n) is 13.8. The Hall–Kier alpha value is -10.5. The highest BCUT2D eigenvalue weighted by molar-refractivity contribution is 6.11. The first-order valence-corrected chi connectivity index (χ1v) is 20.4. The van der Waals surface area contributed by atoms with Gasteiger partial charge in [0, 0.05) is 81.8 Å². The number of hydrogen-bond acceptors (Lipinski definition) is 8. The zero-order chi connectivity index (χ0) is 47.9. The molecule has 4 aliphatic rings. The zero-order valence-corrected chi connectivity index (χ0v) is 36.6. The lowest BCUT2D eigenvalue weighted by Gasteiger charge is -2.36. The van der Waals surface area contributed by atoms with E-state index in [2.05, 4.69) is 226 Å². The first-order chi connectivity index (χ1) is 33.5. The number of nitrogens with two attached hydrogens (primary N) is 2. The number of hydrogen-bond donors (Lipinski definition) is 3. The van der Waals surface area contributed by atoms with Gasteiger partial charge in [-0.3, -0.25) is 9.98 Å². The Morgan fingerprint density at radius 3 is 1.93 bits per heavy atom. The number of anilines is 1. The first kappa shape index (κ1) is 48.5. The summed E-state index contributed by atoms with van der Waals surface area (Å²) in [5.41, 5.74) is 22.1. The number of nitrogens with one attached hydrogen (secondary N) is 1. The van der Waals surface area contributed by atoms with E-state index in [9.17, 15) is 0 Å². The molecule has 0 radical (unpaired) electrons. The van der Waals surface area contributed by atoms with Crippen molar-refractivity contribution >= 4 is 17.1 Å². The van der Waals surface area contributed by atoms with Gasteiger partial charge in [0.25, 0.3) is 0 Å². The number of aliphatic imine (C=N–C) groups is 1. The summed E-state index contributed by atoms with van der Waals surface area (Å²) < 4.78 is 0. The van der Waals surface area contributed by atoms with Crippen LogP contribution in [-0.4, -0.2) is 27.3 Å². The van der Waals surface area contributed by atoms with Gasteiger partial charge < -0.3 is 16.5 Å². The minimum Gasteiger partial charge on any atom is -0.323 e. The molecule has 342 valence electrons. The lowest BCUT2D eigenvalue weighted by Crippen LogP contribution is -2.36. The first-order valence-electron chi connectivity index (χ1n) is 20.4. The molecule has 2 atom stereocenters. The maximum absolute atomic E-state index is 6.75. The van der Waals surface area contributed by atoms with Crippen molar-refractivity contribution in [2.75, 3.05) is 11.4 Å². The van der Waals surface area contributed by atoms with Gasteiger partial charge in [0.15, 0.2) is 5.84 Å². The van der Waals surface area contributed by atoms with Gasteiger partial charge in [-0.05, 0) is 195 Å². The molecule has 0 bridgehead atoms. The van der Waals surface area contributed by atoms with Gasteiger partial charge >= 0.3 is 0 Å². The van der Waals surface area contributed by atoms with Crippen molar-refractivity contribution in [2.45, 2.75) is 58.0 Å². The Morgan fingerprint density at radius 1 is 0.750 bits per heavy atom. The fraction of sp³-hybridized carbons (Fsp3) is 0.200. The molecular formula is C55H57N13. The Bertz CT molecular complexity index is 3470. The van der Waals surface area contributed by atoms with E-state index in [0.29, 0.717) is 6.54 Å². The molecule has 0 saturated carbocycles. The molecule has 13 nitrogen and oxygen atoms in total. The predicted octanol–water partition coefficient (Wildman–Crippen LogP) is 8.41. The van der Waals surface area contributed by atoms with Crippen molar-refractivity contribution in [1.29, 1.82) is 5.53 Å². The summed E-state index contributed by atoms with van der Waals surface area (Å²) in [5.74, 6) is 67.3. The summed E-state index contributed by atoms with van der Waals surface area (Å²) in [6.45, 7) is 3.23. The fourth-order valence-electron chi connectivity index (χ4n) is 7.15. The maximum Gasteiger partial charge on any atom is 0.156 e. The van der Waals surface area contributed by atoms with Crippen LogP contribution >= 0.6 is 0 Å². The normalized spacial score (nSPS) is 15.1. The van der Waals surface area contributed by atoms with E-state index in [1.54, 1.807) is 6.92 Å². The van der Waals surface area contributed by atoms with Crippen LogP contribution in [0.25, 0.3) is 5.57 Å². The van der Waals surface area contributed by atoms with Crippen molar-refractivity contribution in [3.8, 4) is 154 Å². The molecule has 1 spiro atoms. The SMILES string of the molecule is C#CC#CC#CC#CC#CC#CC#CC#CC#CC#CC#CC#CC#CC.N=N/N=N/N=N/N.N[C@@H]1c2ccccc2C[C@]12CC=C(c1cnc3c(n1)CN=C3N1CCCc3ncccc31)CC2.[HH].[HH].[HH].[HH].[HH].[HH].[HH].[HH].[HH].[HH].[HH]. The number of nitrogens with zero attached hydrogens (tertiary/aromatic N) is 10. The molecular weight excluding hydrogens is 843 g/mol. The molecule has 0 amide bonds. The van der Waals surface area contributed by atoms with Crippen LogP contribution in [0.3, 0.4) is 0 Å². The van der Waals surface area contributed by atoms with E-state index < -0.39 is 0 Å². The minimum absolute atomic E-state index is 0. The molecule has 0 saturated heterocycles. The highest BCUT2D eigenvalue weighted by Crippen LogP contribution is 2.53. The second-order valence-corrected chi connectivity index (χ2v) is 13.8. The van der Waals surface area contributed by atoms with Gasteiger partial charge in [0.05, 0.1) is 35.5 Å². The number of fused-ring (bicyclic) bond motifs is 3. The standard InChI is InChI=1S/C28H28N6.C27H4.H3N7.11H2/c29-26-20-6-2-1-5-19(20)15-28(26)11-9-18(10-12-28)22-16-31-25-23(33-22)17-32-27(25)34-14-4-7-21-24(34)8-3-13-30-21;1-3-5-7-9-11-13-15-17-19-21-23-25-27-26-24-22-20-18-16-14-12-10-8-6-4-2;1-3-5-7-6-4-2;;;;;;;;;;;/h1-3,5-6,8-9,13,16,26H,4,7,10-12,14-15,17,29H2;1H,2H3;(H3,1,2,5,6);11*1H/t26-,28-;;;;;;;;;;;;;/m1............./s1. The van der Waals surface area contributed by atoms with Crippen molar-refractivity contribution in [1.82, 2.24) is 15.0 Å². The fourth-order valence-corrected chi connectivity index (χ4v) is 7.15. The average Bonchev–Trinajstić information content (AvgIpc) is 3.92. The second kappa shape index (κ2) is 27.5. The van der Waals surface area contributed by atoms with Gasteiger partial charge in [0.1, 0.15) is 5.69 Å². The number of amidine groups is 1. The van der Waals surface area contributed by atoms with Crippen LogP contribution in [0.4, 0.5) is 5.69 Å². The number of aromatic nitrogens is 3. The monoisotopic (exact) mass is 899 g/mol. The van der Waals surface area contributed by atoms with E-state index in [1.165, 1.54) is 16.7 Å². The molecule has 0 fully saturated rings. The number of aryl methyl sites for hydroxylation is 1. The highest BCUT2D eigenvalue weighted by Gasteiger charge is 2.44. The molecule has 2 aliphatic carbocycles. The molecule has 5 N–H and O–H groups in total.